The summed E-state index contributed by atoms with van der Waals surface area (Å²) in [5.74, 6) is 2.60. The summed E-state index contributed by atoms with van der Waals surface area (Å²) in [4.78, 5) is 18.1. The number of nitrogens with zero attached hydrogens (tertiary/aromatic N) is 4. The monoisotopic (exact) mass is 967 g/mol. The molecule has 7 nitrogen and oxygen atoms in total. The summed E-state index contributed by atoms with van der Waals surface area (Å²) < 4.78 is 14.8. The summed E-state index contributed by atoms with van der Waals surface area (Å²) >= 11 is 3.06. The van der Waals surface area contributed by atoms with Gasteiger partial charge in [-0.25, -0.2) is 14.8 Å². The van der Waals surface area contributed by atoms with Crippen LogP contribution in [0.3, 0.4) is 0 Å². The minimum absolute atomic E-state index is 0.393. The standard InChI is InChI=1S/C61H69N5O2S2/c1-6-8-10-12-14-15-17-19-25-43(24-18-16-13-11-9-7-2)41-68-47-34-30-44(31-35-47)48-38-49(59(63-5)61-65-52-27-21-23-29-54(52)70-61)56-55(48)58(50(39-62)60-64-51-26-20-22-28-53(51)69-60)66-57(56)45-32-36-46(37-33-45)67-40-42(3)4/h20-23,26-37,42-43,66H,6-19,24-25,38,40-41H2,1-4H3/b58-50-,59-49-. The first-order valence-electron chi connectivity index (χ1n) is 26.1. The molecule has 1 unspecified atom stereocenters. The quantitative estimate of drug-likeness (QED) is 0.0431. The lowest BCUT2D eigenvalue weighted by Gasteiger charge is -2.18. The van der Waals surface area contributed by atoms with Crippen LogP contribution in [0.2, 0.25) is 0 Å². The summed E-state index contributed by atoms with van der Waals surface area (Å²) in [5.41, 5.74) is 8.35. The average Bonchev–Trinajstić information content (AvgIpc) is 4.19. The molecular formula is C61H69N5O2S2. The van der Waals surface area contributed by atoms with Crippen molar-refractivity contribution in [3.05, 3.63) is 140 Å². The van der Waals surface area contributed by atoms with Gasteiger partial charge in [-0.15, -0.1) is 22.7 Å². The molecule has 0 radical (unpaired) electrons. The van der Waals surface area contributed by atoms with Crippen molar-refractivity contribution in [3.63, 3.8) is 0 Å². The van der Waals surface area contributed by atoms with E-state index in [1.807, 2.05) is 54.6 Å². The molecule has 7 aromatic rings. The number of allylic oxidation sites excluding steroid dienone is 1. The lowest BCUT2D eigenvalue weighted by Crippen LogP contribution is -2.28. The maximum absolute atomic E-state index is 11.2. The molecule has 0 fully saturated rings. The van der Waals surface area contributed by atoms with Crippen LogP contribution in [0.5, 0.6) is 11.5 Å². The van der Waals surface area contributed by atoms with E-state index in [2.05, 4.69) is 86.1 Å². The van der Waals surface area contributed by atoms with Crippen LogP contribution in [0.25, 0.3) is 59.0 Å². The normalized spacial score (nSPS) is 14.0. The maximum Gasteiger partial charge on any atom is 0.226 e. The third kappa shape index (κ3) is 12.5. The number of aromatic nitrogens is 3. The number of para-hydroxylation sites is 2. The summed E-state index contributed by atoms with van der Waals surface area (Å²) in [7, 11) is 0. The van der Waals surface area contributed by atoms with E-state index in [-0.39, 0.29) is 0 Å². The first-order chi connectivity index (χ1) is 34.4. The van der Waals surface area contributed by atoms with Gasteiger partial charge in [0.05, 0.1) is 51.3 Å². The molecule has 1 atom stereocenters. The van der Waals surface area contributed by atoms with Crippen LogP contribution in [-0.2, 0) is 0 Å². The Bertz CT molecular complexity index is 3000. The van der Waals surface area contributed by atoms with Gasteiger partial charge in [0.2, 0.25) is 5.70 Å². The highest BCUT2D eigenvalue weighted by atomic mass is 32.1. The zero-order valence-electron chi connectivity index (χ0n) is 41.7. The number of H-pyrrole nitrogens is 1. The Hall–Kier alpha value is -6.00. The van der Waals surface area contributed by atoms with E-state index in [1.54, 1.807) is 11.3 Å². The zero-order valence-corrected chi connectivity index (χ0v) is 43.4. The SMILES string of the molecule is [C-]#[N+]/C(=C1/CC(c2ccc(OCC(CCCCCCCC)CCCCCCCCCC)cc2)=c2c1c(-c1ccc(OCC(C)C)cc1)[nH]/c2=C(/C#N)c1nc2ccccc2s1)c1nc2ccccc2s1. The van der Waals surface area contributed by atoms with E-state index < -0.39 is 0 Å². The van der Waals surface area contributed by atoms with Crippen LogP contribution in [-0.4, -0.2) is 28.2 Å². The number of rotatable bonds is 26. The van der Waals surface area contributed by atoms with Crippen molar-refractivity contribution in [2.24, 2.45) is 11.8 Å². The highest BCUT2D eigenvalue weighted by Crippen LogP contribution is 2.43. The predicted octanol–water partition coefficient (Wildman–Crippen LogP) is 16.3. The number of aromatic amines is 1. The van der Waals surface area contributed by atoms with Crippen LogP contribution >= 0.6 is 22.7 Å². The van der Waals surface area contributed by atoms with E-state index in [0.717, 1.165) is 77.3 Å². The minimum atomic E-state index is 0.393. The Morgan fingerprint density at radius 1 is 0.671 bits per heavy atom. The van der Waals surface area contributed by atoms with Gasteiger partial charge in [-0.3, -0.25) is 0 Å². The molecule has 3 heterocycles. The Labute approximate surface area is 423 Å². The highest BCUT2D eigenvalue weighted by Gasteiger charge is 2.31. The largest absolute Gasteiger partial charge is 0.493 e. The Morgan fingerprint density at radius 3 is 1.73 bits per heavy atom. The number of unbranched alkanes of at least 4 members (excludes halogenated alkanes) is 12. The Morgan fingerprint density at radius 2 is 1.19 bits per heavy atom. The van der Waals surface area contributed by atoms with Gasteiger partial charge >= 0.3 is 0 Å². The van der Waals surface area contributed by atoms with E-state index in [4.69, 9.17) is 26.0 Å². The molecule has 4 aromatic carbocycles. The zero-order chi connectivity index (χ0) is 48.7. The van der Waals surface area contributed by atoms with Gasteiger partial charge in [0.1, 0.15) is 33.2 Å². The number of benzene rings is 4. The third-order valence-corrected chi connectivity index (χ3v) is 15.7. The molecule has 0 spiro atoms. The number of hydrogen-bond donors (Lipinski definition) is 1. The number of nitriles is 1. The summed E-state index contributed by atoms with van der Waals surface area (Å²) in [6.07, 6.45) is 21.4. The lowest BCUT2D eigenvalue weighted by molar-refractivity contribution is 0.224. The summed E-state index contributed by atoms with van der Waals surface area (Å²) in [5, 5.41) is 14.1. The van der Waals surface area contributed by atoms with E-state index in [0.29, 0.717) is 51.5 Å². The molecular weight excluding hydrogens is 899 g/mol. The second kappa shape index (κ2) is 25.2. The number of thiazole rings is 2. The molecule has 0 bridgehead atoms. The summed E-state index contributed by atoms with van der Waals surface area (Å²) in [6.45, 7) is 19.0. The number of fused-ring (bicyclic) bond motifs is 3. The molecule has 8 rings (SSSR count). The molecule has 1 N–H and O–H groups in total. The minimum Gasteiger partial charge on any atom is -0.493 e. The fourth-order valence-corrected chi connectivity index (χ4v) is 11.7. The van der Waals surface area contributed by atoms with Crippen molar-refractivity contribution in [1.82, 2.24) is 15.0 Å². The fraction of sp³-hybridized carbons (Fsp3) is 0.410. The van der Waals surface area contributed by atoms with Crippen LogP contribution in [0.1, 0.15) is 158 Å². The number of nitrogens with one attached hydrogen (secondary N) is 1. The van der Waals surface area contributed by atoms with Gasteiger partial charge in [-0.2, -0.15) is 5.26 Å². The number of hydrogen-bond acceptors (Lipinski definition) is 7. The maximum atomic E-state index is 11.2. The molecule has 70 heavy (non-hydrogen) atoms. The average molecular weight is 968 g/mol. The third-order valence-electron chi connectivity index (χ3n) is 13.6. The van der Waals surface area contributed by atoms with Crippen LogP contribution in [0.4, 0.5) is 0 Å². The highest BCUT2D eigenvalue weighted by molar-refractivity contribution is 7.20. The molecule has 0 amide bonds. The fourth-order valence-electron chi connectivity index (χ4n) is 9.76. The molecule has 0 saturated heterocycles. The van der Waals surface area contributed by atoms with Crippen molar-refractivity contribution in [2.45, 2.75) is 137 Å². The van der Waals surface area contributed by atoms with Crippen molar-refractivity contribution in [3.8, 4) is 28.8 Å². The first kappa shape index (κ1) is 50.4. The van der Waals surface area contributed by atoms with Gasteiger partial charge in [0.15, 0.2) is 0 Å². The molecule has 1 aliphatic rings. The smallest absolute Gasteiger partial charge is 0.226 e. The second-order valence-electron chi connectivity index (χ2n) is 19.4. The van der Waals surface area contributed by atoms with Crippen molar-refractivity contribution >= 4 is 65.5 Å². The molecule has 1 aliphatic carbocycles. The molecule has 3 aromatic heterocycles. The van der Waals surface area contributed by atoms with Gasteiger partial charge in [-0.1, -0.05) is 154 Å². The molecule has 362 valence electrons. The van der Waals surface area contributed by atoms with E-state index >= 15 is 0 Å². The predicted molar refractivity (Wildman–Crippen MR) is 294 cm³/mol. The van der Waals surface area contributed by atoms with Crippen LogP contribution in [0, 0.1) is 29.7 Å². The first-order valence-corrected chi connectivity index (χ1v) is 27.7. The van der Waals surface area contributed by atoms with E-state index in [9.17, 15) is 5.26 Å². The van der Waals surface area contributed by atoms with Gasteiger partial charge in [0, 0.05) is 10.8 Å². The number of ether oxygens (including phenoxy) is 2. The molecule has 0 saturated carbocycles. The van der Waals surface area contributed by atoms with Crippen molar-refractivity contribution < 1.29 is 9.47 Å². The van der Waals surface area contributed by atoms with Crippen LogP contribution < -0.4 is 20.0 Å². The Kier molecular flexibility index (Phi) is 18.2. The summed E-state index contributed by atoms with van der Waals surface area (Å²) in [6, 6.07) is 35.4. The van der Waals surface area contributed by atoms with Crippen molar-refractivity contribution in [2.75, 3.05) is 13.2 Å². The van der Waals surface area contributed by atoms with Gasteiger partial charge in [-0.05, 0) is 114 Å². The lowest BCUT2D eigenvalue weighted by atomic mass is 9.94. The van der Waals surface area contributed by atoms with Gasteiger partial charge < -0.3 is 14.5 Å². The molecule has 9 heteroatoms. The Balaban J connectivity index is 1.19. The van der Waals surface area contributed by atoms with Crippen molar-refractivity contribution in [1.29, 1.82) is 5.26 Å². The molecule has 0 aliphatic heterocycles. The van der Waals surface area contributed by atoms with E-state index in [1.165, 1.54) is 114 Å². The topological polar surface area (TPSA) is 88.2 Å². The second-order valence-corrected chi connectivity index (χ2v) is 21.5. The van der Waals surface area contributed by atoms with Crippen LogP contribution in [0.15, 0.2) is 97.1 Å². The van der Waals surface area contributed by atoms with Gasteiger partial charge in [0.25, 0.3) is 0 Å².